The number of hydrogen-bond acceptors (Lipinski definition) is 4. The third-order valence-electron chi connectivity index (χ3n) is 3.92. The molecular formula is C18H16BrNO4S. The van der Waals surface area contributed by atoms with Gasteiger partial charge in [0.15, 0.2) is 9.84 Å². The van der Waals surface area contributed by atoms with Gasteiger partial charge in [0, 0.05) is 15.6 Å². The molecule has 0 bridgehead atoms. The third kappa shape index (κ3) is 3.77. The van der Waals surface area contributed by atoms with Gasteiger partial charge in [-0.25, -0.2) is 8.42 Å². The monoisotopic (exact) mass is 421 g/mol. The first-order valence-electron chi connectivity index (χ1n) is 7.54. The first kappa shape index (κ1) is 17.7. The van der Waals surface area contributed by atoms with Crippen LogP contribution in [-0.2, 0) is 9.84 Å². The second-order valence-electron chi connectivity index (χ2n) is 5.58. The lowest BCUT2D eigenvalue weighted by Gasteiger charge is -2.28. The summed E-state index contributed by atoms with van der Waals surface area (Å²) < 4.78 is 29.5. The van der Waals surface area contributed by atoms with Crippen LogP contribution in [0, 0.1) is 0 Å². The van der Waals surface area contributed by atoms with Gasteiger partial charge in [-0.3, -0.25) is 4.79 Å². The number of sulfone groups is 1. The Kier molecular flexibility index (Phi) is 4.96. The van der Waals surface area contributed by atoms with Gasteiger partial charge in [0.1, 0.15) is 5.75 Å². The van der Waals surface area contributed by atoms with E-state index >= 15 is 0 Å². The molecule has 0 unspecified atom stereocenters. The number of ether oxygens (including phenoxy) is 1. The van der Waals surface area contributed by atoms with Crippen molar-refractivity contribution in [3.05, 3.63) is 70.1 Å². The Balaban J connectivity index is 2.04. The summed E-state index contributed by atoms with van der Waals surface area (Å²) in [5, 5.41) is 1.17. The third-order valence-corrected chi connectivity index (χ3v) is 5.99. The van der Waals surface area contributed by atoms with Gasteiger partial charge in [-0.2, -0.15) is 0 Å². The SMILES string of the molecule is COc1ccc(N(C(=O)c2ccccc2Br)[C@@H]2C=CS(=O)(=O)C2)cc1. The zero-order chi connectivity index (χ0) is 18.0. The summed E-state index contributed by atoms with van der Waals surface area (Å²) in [5.74, 6) is 0.255. The molecule has 1 heterocycles. The summed E-state index contributed by atoms with van der Waals surface area (Å²) in [6.07, 6.45) is 1.55. The van der Waals surface area contributed by atoms with Crippen LogP contribution in [0.4, 0.5) is 5.69 Å². The van der Waals surface area contributed by atoms with Gasteiger partial charge in [0.2, 0.25) is 0 Å². The lowest BCUT2D eigenvalue weighted by Crippen LogP contribution is -2.41. The van der Waals surface area contributed by atoms with E-state index in [1.807, 2.05) is 6.07 Å². The highest BCUT2D eigenvalue weighted by atomic mass is 79.9. The Morgan fingerprint density at radius 2 is 1.84 bits per heavy atom. The molecule has 2 aromatic carbocycles. The second-order valence-corrected chi connectivity index (χ2v) is 8.36. The smallest absolute Gasteiger partial charge is 0.260 e. The molecule has 25 heavy (non-hydrogen) atoms. The molecule has 0 radical (unpaired) electrons. The molecule has 0 N–H and O–H groups in total. The predicted octanol–water partition coefficient (Wildman–Crippen LogP) is 3.42. The maximum Gasteiger partial charge on any atom is 0.260 e. The van der Waals surface area contributed by atoms with E-state index in [-0.39, 0.29) is 11.7 Å². The number of benzene rings is 2. The predicted molar refractivity (Wildman–Crippen MR) is 101 cm³/mol. The number of carbonyl (C=O) groups is 1. The summed E-state index contributed by atoms with van der Waals surface area (Å²) in [5.41, 5.74) is 1.07. The highest BCUT2D eigenvalue weighted by Gasteiger charge is 2.32. The van der Waals surface area contributed by atoms with E-state index in [1.165, 1.54) is 10.3 Å². The average Bonchev–Trinajstić information content (AvgIpc) is 2.95. The van der Waals surface area contributed by atoms with Gasteiger partial charge in [0.25, 0.3) is 5.91 Å². The number of rotatable bonds is 4. The molecule has 0 saturated carbocycles. The molecule has 5 nitrogen and oxygen atoms in total. The van der Waals surface area contributed by atoms with Crippen LogP contribution < -0.4 is 9.64 Å². The van der Waals surface area contributed by atoms with Crippen LogP contribution in [0.15, 0.2) is 64.5 Å². The van der Waals surface area contributed by atoms with Crippen molar-refractivity contribution in [2.45, 2.75) is 6.04 Å². The van der Waals surface area contributed by atoms with Crippen molar-refractivity contribution in [3.8, 4) is 5.75 Å². The molecule has 1 aliphatic rings. The van der Waals surface area contributed by atoms with Crippen LogP contribution in [0.3, 0.4) is 0 Å². The van der Waals surface area contributed by atoms with Gasteiger partial charge in [-0.05, 0) is 58.4 Å². The van der Waals surface area contributed by atoms with Crippen LogP contribution in [-0.4, -0.2) is 33.2 Å². The molecule has 0 saturated heterocycles. The number of methoxy groups -OCH3 is 1. The van der Waals surface area contributed by atoms with Crippen LogP contribution in [0.2, 0.25) is 0 Å². The fourth-order valence-corrected chi connectivity index (χ4v) is 4.41. The standard InChI is InChI=1S/C18H16BrNO4S/c1-24-15-8-6-13(7-9-15)20(14-10-11-25(22,23)12-14)18(21)16-4-2-3-5-17(16)19/h2-11,14H,12H2,1H3/t14-/m1/s1. The topological polar surface area (TPSA) is 63.7 Å². The molecular weight excluding hydrogens is 406 g/mol. The van der Waals surface area contributed by atoms with Gasteiger partial charge < -0.3 is 9.64 Å². The van der Waals surface area contributed by atoms with Gasteiger partial charge >= 0.3 is 0 Å². The molecule has 130 valence electrons. The van der Waals surface area contributed by atoms with E-state index in [4.69, 9.17) is 4.74 Å². The molecule has 0 aliphatic carbocycles. The van der Waals surface area contributed by atoms with Gasteiger partial charge in [-0.1, -0.05) is 12.1 Å². The van der Waals surface area contributed by atoms with Crippen molar-refractivity contribution in [2.75, 3.05) is 17.8 Å². The molecule has 1 aliphatic heterocycles. The van der Waals surface area contributed by atoms with Crippen molar-refractivity contribution < 1.29 is 17.9 Å². The fraction of sp³-hybridized carbons (Fsp3) is 0.167. The van der Waals surface area contributed by atoms with E-state index < -0.39 is 15.9 Å². The first-order valence-corrected chi connectivity index (χ1v) is 10.1. The number of anilines is 1. The van der Waals surface area contributed by atoms with Crippen molar-refractivity contribution in [2.24, 2.45) is 0 Å². The van der Waals surface area contributed by atoms with Crippen molar-refractivity contribution in [1.82, 2.24) is 0 Å². The van der Waals surface area contributed by atoms with E-state index in [2.05, 4.69) is 15.9 Å². The minimum atomic E-state index is -3.30. The minimum Gasteiger partial charge on any atom is -0.497 e. The van der Waals surface area contributed by atoms with Crippen LogP contribution >= 0.6 is 15.9 Å². The maximum atomic E-state index is 13.2. The maximum absolute atomic E-state index is 13.2. The molecule has 3 rings (SSSR count). The Labute approximate surface area is 155 Å². The lowest BCUT2D eigenvalue weighted by molar-refractivity contribution is 0.0982. The van der Waals surface area contributed by atoms with Crippen molar-refractivity contribution in [1.29, 1.82) is 0 Å². The van der Waals surface area contributed by atoms with E-state index in [0.717, 1.165) is 0 Å². The minimum absolute atomic E-state index is 0.130. The summed E-state index contributed by atoms with van der Waals surface area (Å²) in [4.78, 5) is 14.7. The Bertz CT molecular complexity index is 922. The quantitative estimate of drug-likeness (QED) is 0.758. The largest absolute Gasteiger partial charge is 0.497 e. The number of nitrogens with zero attached hydrogens (tertiary/aromatic N) is 1. The van der Waals surface area contributed by atoms with E-state index in [1.54, 1.807) is 55.7 Å². The number of carbonyl (C=O) groups excluding carboxylic acids is 1. The lowest BCUT2D eigenvalue weighted by atomic mass is 10.1. The highest BCUT2D eigenvalue weighted by Crippen LogP contribution is 2.28. The summed E-state index contributed by atoms with van der Waals surface area (Å²) >= 11 is 3.39. The Morgan fingerprint density at radius 1 is 1.16 bits per heavy atom. The Morgan fingerprint density at radius 3 is 2.40 bits per heavy atom. The normalized spacial score (nSPS) is 18.1. The molecule has 2 aromatic rings. The Hall–Kier alpha value is -2.12. The van der Waals surface area contributed by atoms with Crippen LogP contribution in [0.5, 0.6) is 5.75 Å². The molecule has 1 amide bonds. The number of halogens is 1. The zero-order valence-electron chi connectivity index (χ0n) is 13.4. The van der Waals surface area contributed by atoms with Gasteiger partial charge in [0.05, 0.1) is 24.5 Å². The van der Waals surface area contributed by atoms with E-state index in [0.29, 0.717) is 21.5 Å². The van der Waals surface area contributed by atoms with Crippen LogP contribution in [0.25, 0.3) is 0 Å². The summed E-state index contributed by atoms with van der Waals surface area (Å²) in [7, 11) is -1.74. The van der Waals surface area contributed by atoms with Gasteiger partial charge in [-0.15, -0.1) is 0 Å². The average molecular weight is 422 g/mol. The second kappa shape index (κ2) is 7.01. The van der Waals surface area contributed by atoms with Crippen molar-refractivity contribution >= 4 is 37.4 Å². The first-order chi connectivity index (χ1) is 11.9. The number of hydrogen-bond donors (Lipinski definition) is 0. The molecule has 0 aromatic heterocycles. The van der Waals surface area contributed by atoms with Crippen LogP contribution in [0.1, 0.15) is 10.4 Å². The number of amides is 1. The van der Waals surface area contributed by atoms with E-state index in [9.17, 15) is 13.2 Å². The summed E-state index contributed by atoms with van der Waals surface area (Å²) in [6.45, 7) is 0. The van der Waals surface area contributed by atoms with Crippen molar-refractivity contribution in [3.63, 3.8) is 0 Å². The fourth-order valence-electron chi connectivity index (χ4n) is 2.69. The summed E-state index contributed by atoms with van der Waals surface area (Å²) in [6, 6.07) is 13.5. The zero-order valence-corrected chi connectivity index (χ0v) is 15.8. The molecule has 7 heteroatoms. The molecule has 0 spiro atoms. The molecule has 0 fully saturated rings. The highest BCUT2D eigenvalue weighted by molar-refractivity contribution is 9.10. The molecule has 1 atom stereocenters.